The lowest BCUT2D eigenvalue weighted by Gasteiger charge is -2.15. The van der Waals surface area contributed by atoms with Crippen molar-refractivity contribution in [3.05, 3.63) is 20.8 Å². The van der Waals surface area contributed by atoms with Gasteiger partial charge in [0.05, 0.1) is 23.8 Å². The lowest BCUT2D eigenvalue weighted by Crippen LogP contribution is -2.29. The van der Waals surface area contributed by atoms with Gasteiger partial charge >= 0.3 is 0 Å². The third-order valence-corrected chi connectivity index (χ3v) is 6.47. The van der Waals surface area contributed by atoms with Crippen LogP contribution in [0.25, 0.3) is 10.2 Å². The molecular weight excluding hydrogens is 358 g/mol. The molecule has 1 aliphatic rings. The highest BCUT2D eigenvalue weighted by Crippen LogP contribution is 2.30. The highest BCUT2D eigenvalue weighted by atomic mass is 32.2. The molecule has 0 bridgehead atoms. The number of rotatable bonds is 6. The Bertz CT molecular complexity index is 838. The van der Waals surface area contributed by atoms with E-state index in [0.29, 0.717) is 11.7 Å². The van der Waals surface area contributed by atoms with Crippen molar-refractivity contribution in [3.8, 4) is 0 Å². The number of aryl methyl sites for hydroxylation is 2. The first kappa shape index (κ1) is 18.4. The molecule has 1 amide bonds. The van der Waals surface area contributed by atoms with Crippen LogP contribution < -0.4 is 10.9 Å². The molecule has 0 aromatic carbocycles. The zero-order valence-electron chi connectivity index (χ0n) is 14.8. The summed E-state index contributed by atoms with van der Waals surface area (Å²) in [6.45, 7) is 5.34. The molecule has 1 fully saturated rings. The Morgan fingerprint density at radius 3 is 2.96 bits per heavy atom. The summed E-state index contributed by atoms with van der Waals surface area (Å²) in [5.74, 6) is 0.157. The first-order valence-electron chi connectivity index (χ1n) is 8.53. The Hall–Kier alpha value is -1.38. The van der Waals surface area contributed by atoms with Gasteiger partial charge < -0.3 is 10.1 Å². The maximum absolute atomic E-state index is 13.2. The van der Waals surface area contributed by atoms with Crippen molar-refractivity contribution in [1.82, 2.24) is 14.9 Å². The normalized spacial score (nSPS) is 17.3. The predicted octanol–water partition coefficient (Wildman–Crippen LogP) is 2.35. The van der Waals surface area contributed by atoms with Crippen LogP contribution in [0.5, 0.6) is 0 Å². The summed E-state index contributed by atoms with van der Waals surface area (Å²) in [4.78, 5) is 31.5. The summed E-state index contributed by atoms with van der Waals surface area (Å²) < 4.78 is 7.42. The summed E-state index contributed by atoms with van der Waals surface area (Å²) >= 11 is 2.86. The number of thioether (sulfide) groups is 1. The Balaban J connectivity index is 2.07. The van der Waals surface area contributed by atoms with Crippen molar-refractivity contribution < 1.29 is 9.53 Å². The Morgan fingerprint density at radius 1 is 1.52 bits per heavy atom. The Kier molecular flexibility index (Phi) is 5.81. The number of thiophene rings is 1. The average molecular weight is 382 g/mol. The molecule has 1 atom stereocenters. The van der Waals surface area contributed by atoms with Crippen molar-refractivity contribution in [2.75, 3.05) is 19.4 Å². The number of hydrogen-bond acceptors (Lipinski definition) is 6. The molecule has 2 aromatic rings. The van der Waals surface area contributed by atoms with Crippen molar-refractivity contribution >= 4 is 39.2 Å². The second kappa shape index (κ2) is 7.88. The van der Waals surface area contributed by atoms with Crippen molar-refractivity contribution in [1.29, 1.82) is 0 Å². The molecule has 0 saturated carbocycles. The molecule has 0 spiro atoms. The van der Waals surface area contributed by atoms with Gasteiger partial charge in [-0.25, -0.2) is 4.98 Å². The maximum Gasteiger partial charge on any atom is 0.263 e. The van der Waals surface area contributed by atoms with Crippen molar-refractivity contribution in [3.63, 3.8) is 0 Å². The van der Waals surface area contributed by atoms with E-state index in [-0.39, 0.29) is 23.3 Å². The number of carbonyl (C=O) groups is 1. The minimum Gasteiger partial charge on any atom is -0.376 e. The Labute approximate surface area is 155 Å². The summed E-state index contributed by atoms with van der Waals surface area (Å²) in [5, 5.41) is 3.93. The molecule has 2 aromatic heterocycles. The molecule has 1 aliphatic heterocycles. The summed E-state index contributed by atoms with van der Waals surface area (Å²) in [6.07, 6.45) is 2.83. The van der Waals surface area contributed by atoms with Gasteiger partial charge in [-0.1, -0.05) is 18.7 Å². The van der Waals surface area contributed by atoms with E-state index in [1.165, 1.54) is 11.8 Å². The smallest absolute Gasteiger partial charge is 0.263 e. The van der Waals surface area contributed by atoms with Crippen LogP contribution in [0.4, 0.5) is 0 Å². The van der Waals surface area contributed by atoms with Crippen LogP contribution in [0.3, 0.4) is 0 Å². The van der Waals surface area contributed by atoms with Gasteiger partial charge in [0.15, 0.2) is 5.16 Å². The molecule has 8 heteroatoms. The first-order valence-corrected chi connectivity index (χ1v) is 10.3. The molecule has 25 heavy (non-hydrogen) atoms. The number of nitrogens with one attached hydrogen (secondary N) is 1. The topological polar surface area (TPSA) is 73.2 Å². The van der Waals surface area contributed by atoms with E-state index in [0.717, 1.165) is 46.5 Å². The highest BCUT2D eigenvalue weighted by molar-refractivity contribution is 7.99. The SMILES string of the molecule is CCc1c(C)sc2nc(SCC(=O)NC)n(C[C@@H]3CCCO3)c(=O)c12. The first-order chi connectivity index (χ1) is 12.0. The van der Waals surface area contributed by atoms with Gasteiger partial charge in [0.25, 0.3) is 5.56 Å². The second-order valence-electron chi connectivity index (χ2n) is 6.08. The molecule has 3 heterocycles. The van der Waals surface area contributed by atoms with E-state index < -0.39 is 0 Å². The van der Waals surface area contributed by atoms with Gasteiger partial charge in [-0.3, -0.25) is 14.2 Å². The highest BCUT2D eigenvalue weighted by Gasteiger charge is 2.23. The number of amides is 1. The minimum absolute atomic E-state index is 0.0129. The largest absolute Gasteiger partial charge is 0.376 e. The fraction of sp³-hybridized carbons (Fsp3) is 0.588. The van der Waals surface area contributed by atoms with Crippen molar-refractivity contribution in [2.45, 2.75) is 50.9 Å². The van der Waals surface area contributed by atoms with Gasteiger partial charge in [0, 0.05) is 18.5 Å². The lowest BCUT2D eigenvalue weighted by atomic mass is 10.1. The standard InChI is InChI=1S/C17H23N3O3S2/c1-4-12-10(2)25-15-14(12)16(22)20(8-11-6-5-7-23-11)17(19-15)24-9-13(21)18-3/h11H,4-9H2,1-3H3,(H,18,21)/t11-/m0/s1. The van der Waals surface area contributed by atoms with Crippen LogP contribution in [0.1, 0.15) is 30.2 Å². The number of fused-ring (bicyclic) bond motifs is 1. The average Bonchev–Trinajstić information content (AvgIpc) is 3.22. The van der Waals surface area contributed by atoms with Gasteiger partial charge in [0.1, 0.15) is 4.83 Å². The van der Waals surface area contributed by atoms with E-state index in [2.05, 4.69) is 12.2 Å². The van der Waals surface area contributed by atoms with Crippen LogP contribution in [0.2, 0.25) is 0 Å². The molecule has 0 unspecified atom stereocenters. The van der Waals surface area contributed by atoms with Crippen LogP contribution in [-0.2, 0) is 22.5 Å². The molecule has 136 valence electrons. The molecule has 0 radical (unpaired) electrons. The van der Waals surface area contributed by atoms with E-state index in [9.17, 15) is 9.59 Å². The molecule has 1 saturated heterocycles. The number of aromatic nitrogens is 2. The fourth-order valence-electron chi connectivity index (χ4n) is 3.12. The molecule has 1 N–H and O–H groups in total. The van der Waals surface area contributed by atoms with Gasteiger partial charge in [-0.05, 0) is 31.7 Å². The third-order valence-electron chi connectivity index (χ3n) is 4.45. The summed E-state index contributed by atoms with van der Waals surface area (Å²) in [6, 6.07) is 0. The molecule has 6 nitrogen and oxygen atoms in total. The fourth-order valence-corrected chi connectivity index (χ4v) is 5.16. The number of carbonyl (C=O) groups excluding carboxylic acids is 1. The monoisotopic (exact) mass is 381 g/mol. The molecule has 3 rings (SSSR count). The van der Waals surface area contributed by atoms with Gasteiger partial charge in [0.2, 0.25) is 5.91 Å². The minimum atomic E-state index is -0.0837. The Morgan fingerprint density at radius 2 is 2.32 bits per heavy atom. The molecule has 0 aliphatic carbocycles. The van der Waals surface area contributed by atoms with E-state index in [1.807, 2.05) is 6.92 Å². The summed E-state index contributed by atoms with van der Waals surface area (Å²) in [5.41, 5.74) is 1.07. The van der Waals surface area contributed by atoms with E-state index in [1.54, 1.807) is 23.0 Å². The van der Waals surface area contributed by atoms with Crippen LogP contribution in [0, 0.1) is 6.92 Å². The van der Waals surface area contributed by atoms with E-state index >= 15 is 0 Å². The van der Waals surface area contributed by atoms with Gasteiger partial charge in [-0.2, -0.15) is 0 Å². The maximum atomic E-state index is 13.2. The van der Waals surface area contributed by atoms with Gasteiger partial charge in [-0.15, -0.1) is 11.3 Å². The molecular formula is C17H23N3O3S2. The number of nitrogens with zero attached hydrogens (tertiary/aromatic N) is 2. The quantitative estimate of drug-likeness (QED) is 0.614. The number of ether oxygens (including phenoxy) is 1. The van der Waals surface area contributed by atoms with Crippen LogP contribution in [0.15, 0.2) is 9.95 Å². The summed E-state index contributed by atoms with van der Waals surface area (Å²) in [7, 11) is 1.61. The second-order valence-corrected chi connectivity index (χ2v) is 8.22. The number of hydrogen-bond donors (Lipinski definition) is 1. The van der Waals surface area contributed by atoms with Crippen molar-refractivity contribution in [2.24, 2.45) is 0 Å². The zero-order chi connectivity index (χ0) is 18.0. The zero-order valence-corrected chi connectivity index (χ0v) is 16.4. The lowest BCUT2D eigenvalue weighted by molar-refractivity contribution is -0.118. The third kappa shape index (κ3) is 3.75. The van der Waals surface area contributed by atoms with Crippen LogP contribution >= 0.6 is 23.1 Å². The van der Waals surface area contributed by atoms with Crippen LogP contribution in [-0.4, -0.2) is 41.0 Å². The predicted molar refractivity (Wildman–Crippen MR) is 102 cm³/mol. The van der Waals surface area contributed by atoms with E-state index in [4.69, 9.17) is 9.72 Å².